The molecule has 1 atom stereocenters. The number of morpholine rings is 1. The first kappa shape index (κ1) is 53.8. The fraction of sp³-hybridized carbons (Fsp3) is 0.352. The van der Waals surface area contributed by atoms with Gasteiger partial charge < -0.3 is 49.5 Å². The molecule has 15 nitrogen and oxygen atoms in total. The van der Waals surface area contributed by atoms with Gasteiger partial charge in [0.25, 0.3) is 5.91 Å². The summed E-state index contributed by atoms with van der Waals surface area (Å²) in [7, 11) is 0. The first-order chi connectivity index (χ1) is 34.9. The van der Waals surface area contributed by atoms with Crippen LogP contribution in [-0.2, 0) is 36.7 Å². The number of benzene rings is 5. The number of thiocarbonyl (C=S) groups is 1. The monoisotopic (exact) mass is 1040 g/mol. The van der Waals surface area contributed by atoms with Crippen LogP contribution >= 0.6 is 35.4 Å². The smallest absolute Gasteiger partial charge is 0.336 e. The summed E-state index contributed by atoms with van der Waals surface area (Å²) in [4.78, 5) is 52.4. The largest absolute Gasteiger partial charge is 0.508 e. The zero-order valence-corrected chi connectivity index (χ0v) is 42.1. The minimum atomic E-state index is -1.16. The van der Waals surface area contributed by atoms with Crippen molar-refractivity contribution in [3.8, 4) is 28.2 Å². The normalized spacial score (nSPS) is 13.8. The van der Waals surface area contributed by atoms with E-state index < -0.39 is 5.97 Å². The Kier molecular flexibility index (Phi) is 20.3. The molecule has 0 bridgehead atoms. The van der Waals surface area contributed by atoms with Gasteiger partial charge in [-0.2, -0.15) is 0 Å². The van der Waals surface area contributed by atoms with Gasteiger partial charge in [-0.3, -0.25) is 19.3 Å². The number of phenolic OH excluding ortho intramolecular Hbond substituents is 1. The Balaban J connectivity index is 0.687. The lowest BCUT2D eigenvalue weighted by Crippen LogP contribution is -2.42. The number of rotatable bonds is 26. The summed E-state index contributed by atoms with van der Waals surface area (Å²) in [5, 5.41) is 31.4. The number of nitrogens with one attached hydrogen (secondary N) is 3. The third kappa shape index (κ3) is 16.0. The van der Waals surface area contributed by atoms with Crippen molar-refractivity contribution in [2.75, 3.05) is 77.7 Å². The van der Waals surface area contributed by atoms with Crippen LogP contribution in [0, 0.1) is 0 Å². The average Bonchev–Trinajstić information content (AvgIpc) is 3.36. The molecule has 0 saturated carbocycles. The highest BCUT2D eigenvalue weighted by Crippen LogP contribution is 2.42. The van der Waals surface area contributed by atoms with Gasteiger partial charge in [0.2, 0.25) is 0 Å². The molecule has 3 aliphatic rings. The second kappa shape index (κ2) is 27.2. The molecule has 72 heavy (non-hydrogen) atoms. The van der Waals surface area contributed by atoms with Crippen LogP contribution in [0.1, 0.15) is 63.9 Å². The topological polar surface area (TPSA) is 198 Å². The van der Waals surface area contributed by atoms with Gasteiger partial charge in [-0.25, -0.2) is 4.79 Å². The highest BCUT2D eigenvalue weighted by Gasteiger charge is 2.24. The van der Waals surface area contributed by atoms with Gasteiger partial charge in [0, 0.05) is 98.7 Å². The van der Waals surface area contributed by atoms with E-state index in [2.05, 4.69) is 20.9 Å². The number of amides is 1. The van der Waals surface area contributed by atoms with E-state index >= 15 is 0 Å². The lowest BCUT2D eigenvalue weighted by Gasteiger charge is -2.33. The molecule has 2 aliphatic heterocycles. The standard InChI is InChI=1S/C54H58Cl2N4O11S/c55-47-18-6-36(29-48(47)56)33-60-21-24-70-42(34-60)14-11-39(61)10-5-35-3-7-37(8-4-35)52(64)57-19-1-22-67-25-27-69-28-26-68-23-2-20-58-54(72)59-38-9-15-43(46(30-38)53(65)66)51-44-16-12-40(62)31-49(44)71-50-32-41(63)13-17-45(50)51/h3-4,6-9,12-13,15-18,29-32,42,62H,1-2,5,10-11,14,19-28,33-34H2,(H,57,64)(H,65,66)(H2,58,59,72)/t42-/m0/s1. The van der Waals surface area contributed by atoms with E-state index in [0.29, 0.717) is 152 Å². The molecule has 0 radical (unpaired) electrons. The number of Topliss-reactive ketones (excluding diaryl/α,β-unsaturated/α-hetero) is 1. The molecule has 2 heterocycles. The van der Waals surface area contributed by atoms with Gasteiger partial charge >= 0.3 is 5.97 Å². The molecule has 1 aliphatic carbocycles. The summed E-state index contributed by atoms with van der Waals surface area (Å²) >= 11 is 17.7. The molecule has 1 saturated heterocycles. The summed E-state index contributed by atoms with van der Waals surface area (Å²) < 4.78 is 28.8. The molecule has 0 spiro atoms. The molecular weight excluding hydrogens is 984 g/mol. The lowest BCUT2D eigenvalue weighted by molar-refractivity contribution is -0.120. The van der Waals surface area contributed by atoms with Crippen molar-refractivity contribution < 1.29 is 48.0 Å². The number of carbonyl (C=O) groups excluding carboxylic acids is 2. The van der Waals surface area contributed by atoms with Crippen LogP contribution in [0.5, 0.6) is 5.75 Å². The van der Waals surface area contributed by atoms with Crippen molar-refractivity contribution in [2.24, 2.45) is 0 Å². The second-order valence-electron chi connectivity index (χ2n) is 17.3. The number of carboxylic acid groups (broad SMARTS) is 1. The summed E-state index contributed by atoms with van der Waals surface area (Å²) in [6.07, 6.45) is 3.52. The Hall–Kier alpha value is -5.95. The van der Waals surface area contributed by atoms with Gasteiger partial charge in [-0.05, 0) is 115 Å². The Labute approximate surface area is 433 Å². The minimum absolute atomic E-state index is 0.00612. The molecule has 0 aromatic heterocycles. The quantitative estimate of drug-likeness (QED) is 0.0196. The lowest BCUT2D eigenvalue weighted by atomic mass is 9.90. The Morgan fingerprint density at radius 2 is 1.47 bits per heavy atom. The average molecular weight is 1040 g/mol. The molecule has 4 aromatic carbocycles. The van der Waals surface area contributed by atoms with Gasteiger partial charge in [-0.1, -0.05) is 47.5 Å². The number of ketones is 1. The molecule has 0 unspecified atom stereocenters. The number of nitrogens with zero attached hydrogens (tertiary/aromatic N) is 1. The number of hydrogen-bond donors (Lipinski definition) is 5. The molecule has 7 rings (SSSR count). The highest BCUT2D eigenvalue weighted by atomic mass is 35.5. The zero-order chi connectivity index (χ0) is 50.8. The number of aromatic carboxylic acids is 1. The molecule has 18 heteroatoms. The van der Waals surface area contributed by atoms with Gasteiger partial charge in [0.05, 0.1) is 54.7 Å². The maximum absolute atomic E-state index is 12.7. The Morgan fingerprint density at radius 1 is 0.764 bits per heavy atom. The number of fused-ring (bicyclic) bond motifs is 2. The molecule has 4 aromatic rings. The third-order valence-corrected chi connectivity index (χ3v) is 13.0. The number of aromatic hydroxyl groups is 1. The fourth-order valence-electron chi connectivity index (χ4n) is 8.29. The van der Waals surface area contributed by atoms with Crippen molar-refractivity contribution in [1.82, 2.24) is 15.5 Å². The number of aryl methyl sites for hydroxylation is 1. The van der Waals surface area contributed by atoms with E-state index in [9.17, 15) is 29.4 Å². The van der Waals surface area contributed by atoms with Gasteiger partial charge in [-0.15, -0.1) is 0 Å². The van der Waals surface area contributed by atoms with Crippen molar-refractivity contribution in [2.45, 2.75) is 51.2 Å². The van der Waals surface area contributed by atoms with E-state index in [1.54, 1.807) is 36.4 Å². The van der Waals surface area contributed by atoms with Crippen LogP contribution in [0.3, 0.4) is 0 Å². The van der Waals surface area contributed by atoms with Crippen molar-refractivity contribution >= 4 is 74.8 Å². The molecular formula is C54H58Cl2N4O11S. The Morgan fingerprint density at radius 3 is 2.21 bits per heavy atom. The highest BCUT2D eigenvalue weighted by molar-refractivity contribution is 7.80. The van der Waals surface area contributed by atoms with Crippen molar-refractivity contribution in [3.05, 3.63) is 140 Å². The van der Waals surface area contributed by atoms with Crippen molar-refractivity contribution in [3.63, 3.8) is 0 Å². The summed E-state index contributed by atoms with van der Waals surface area (Å²) in [6.45, 7) is 6.56. The predicted octanol–water partition coefficient (Wildman–Crippen LogP) is 9.00. The van der Waals surface area contributed by atoms with Crippen LogP contribution in [0.2, 0.25) is 10.0 Å². The number of halogens is 2. The number of carbonyl (C=O) groups is 3. The van der Waals surface area contributed by atoms with Crippen LogP contribution in [0.25, 0.3) is 33.4 Å². The first-order valence-corrected chi connectivity index (χ1v) is 25.1. The van der Waals surface area contributed by atoms with E-state index in [-0.39, 0.29) is 40.3 Å². The number of anilines is 1. The fourth-order valence-corrected chi connectivity index (χ4v) is 8.83. The van der Waals surface area contributed by atoms with E-state index in [0.717, 1.165) is 30.8 Å². The zero-order valence-electron chi connectivity index (χ0n) is 39.7. The van der Waals surface area contributed by atoms with Crippen LogP contribution in [0.15, 0.2) is 106 Å². The Bertz CT molecular complexity index is 2850. The SMILES string of the molecule is O=C(CCc1ccc(C(=O)NCCCOCCOCCOCCCNC(=S)Nc2ccc(-c3c4ccc(=O)cc-4oc4cc(O)ccc34)c(C(=O)O)c2)cc1)CC[C@H]1CN(Cc2ccc(Cl)c(Cl)c2)CCO1. The van der Waals surface area contributed by atoms with Gasteiger partial charge in [0.15, 0.2) is 10.5 Å². The predicted molar refractivity (Wildman–Crippen MR) is 282 cm³/mol. The molecule has 5 N–H and O–H groups in total. The molecule has 1 fully saturated rings. The first-order valence-electron chi connectivity index (χ1n) is 23.9. The summed E-state index contributed by atoms with van der Waals surface area (Å²) in [5.41, 5.74) is 4.68. The van der Waals surface area contributed by atoms with Crippen LogP contribution in [0.4, 0.5) is 5.69 Å². The number of phenols is 1. The maximum atomic E-state index is 12.7. The molecule has 1 amide bonds. The van der Waals surface area contributed by atoms with E-state index in [4.69, 9.17) is 58.8 Å². The number of carboxylic acids is 1. The summed E-state index contributed by atoms with van der Waals surface area (Å²) in [5.74, 6) is -0.890. The van der Waals surface area contributed by atoms with Crippen molar-refractivity contribution in [1.29, 1.82) is 0 Å². The van der Waals surface area contributed by atoms with E-state index in [1.807, 2.05) is 30.3 Å². The van der Waals surface area contributed by atoms with Crippen LogP contribution < -0.4 is 21.4 Å². The van der Waals surface area contributed by atoms with Gasteiger partial charge in [0.1, 0.15) is 22.9 Å². The second-order valence-corrected chi connectivity index (χ2v) is 18.5. The maximum Gasteiger partial charge on any atom is 0.336 e. The molecule has 380 valence electrons. The third-order valence-electron chi connectivity index (χ3n) is 12.0. The number of ether oxygens (including phenoxy) is 4. The van der Waals surface area contributed by atoms with E-state index in [1.165, 1.54) is 30.3 Å². The van der Waals surface area contributed by atoms with Crippen LogP contribution in [-0.4, -0.2) is 116 Å². The number of hydrogen-bond acceptors (Lipinski definition) is 12. The minimum Gasteiger partial charge on any atom is -0.508 e. The summed E-state index contributed by atoms with van der Waals surface area (Å²) in [6, 6.07) is 26.8.